The van der Waals surface area contributed by atoms with Gasteiger partial charge in [-0.3, -0.25) is 0 Å². The van der Waals surface area contributed by atoms with E-state index < -0.39 is 22.3 Å². The van der Waals surface area contributed by atoms with Crippen LogP contribution in [0.5, 0.6) is 0 Å². The van der Waals surface area contributed by atoms with Gasteiger partial charge in [-0.2, -0.15) is 0 Å². The molecule has 0 radical (unpaired) electrons. The third-order valence-corrected chi connectivity index (χ3v) is 2.99. The van der Waals surface area contributed by atoms with E-state index in [1.54, 1.807) is 0 Å². The summed E-state index contributed by atoms with van der Waals surface area (Å²) in [6, 6.07) is 0.326. The van der Waals surface area contributed by atoms with Gasteiger partial charge < -0.3 is 5.32 Å². The quantitative estimate of drug-likeness (QED) is 0.337. The van der Waals surface area contributed by atoms with Gasteiger partial charge in [0.25, 0.3) is 5.79 Å². The summed E-state index contributed by atoms with van der Waals surface area (Å²) >= 11 is 0. The molecule has 0 aromatic rings. The second-order valence-electron chi connectivity index (χ2n) is 4.00. The van der Waals surface area contributed by atoms with Gasteiger partial charge in [0.15, 0.2) is 0 Å². The smallest absolute Gasteiger partial charge is 0.315 e. The lowest BCUT2D eigenvalue weighted by Crippen LogP contribution is -2.30. The Morgan fingerprint density at radius 3 is 2.06 bits per heavy atom. The molecule has 0 rings (SSSR count). The van der Waals surface area contributed by atoms with Crippen LogP contribution in [-0.2, 0) is 18.2 Å². The molecular formula is C8H19NO6P2+2. The summed E-state index contributed by atoms with van der Waals surface area (Å²) in [4.78, 5) is 17.3. The van der Waals surface area contributed by atoms with E-state index in [0.717, 1.165) is 0 Å². The number of nitrogens with one attached hydrogen (secondary N) is 1. The molecule has 0 aliphatic rings. The van der Waals surface area contributed by atoms with Gasteiger partial charge in [0, 0.05) is 21.6 Å². The maximum absolute atomic E-state index is 10.6. The van der Waals surface area contributed by atoms with Crippen LogP contribution in [0.4, 0.5) is 0 Å². The average Bonchev–Trinajstić information content (AvgIpc) is 2.09. The van der Waals surface area contributed by atoms with Crippen LogP contribution in [0.25, 0.3) is 0 Å². The first kappa shape index (κ1) is 17.0. The van der Waals surface area contributed by atoms with E-state index in [1.807, 2.05) is 13.8 Å². The third-order valence-electron chi connectivity index (χ3n) is 1.90. The lowest BCUT2D eigenvalue weighted by Gasteiger charge is -2.16. The van der Waals surface area contributed by atoms with Crippen molar-refractivity contribution in [1.29, 1.82) is 0 Å². The van der Waals surface area contributed by atoms with Crippen LogP contribution < -0.4 is 5.32 Å². The molecule has 0 bridgehead atoms. The molecule has 0 spiro atoms. The average molecular weight is 287 g/mol. The molecule has 0 aliphatic carbocycles. The van der Waals surface area contributed by atoms with Gasteiger partial charge in [-0.15, -0.1) is 9.79 Å². The molecule has 9 heteroatoms. The van der Waals surface area contributed by atoms with Crippen molar-refractivity contribution in [1.82, 2.24) is 5.32 Å². The molecule has 2 atom stereocenters. The van der Waals surface area contributed by atoms with Crippen LogP contribution in [0.1, 0.15) is 33.6 Å². The van der Waals surface area contributed by atoms with E-state index in [0.29, 0.717) is 19.0 Å². The molecule has 17 heavy (non-hydrogen) atoms. The molecule has 0 saturated carbocycles. The van der Waals surface area contributed by atoms with Crippen LogP contribution in [0, 0.1) is 0 Å². The Labute approximate surface area is 102 Å². The summed E-state index contributed by atoms with van der Waals surface area (Å²) < 4.78 is 30.4. The lowest BCUT2D eigenvalue weighted by atomic mass is 10.1. The zero-order valence-corrected chi connectivity index (χ0v) is 11.9. The third kappa shape index (κ3) is 9.68. The fourth-order valence-corrected chi connectivity index (χ4v) is 2.22. The summed E-state index contributed by atoms with van der Waals surface area (Å²) in [6.45, 7) is 5.99. The Balaban J connectivity index is 4.18. The Bertz CT molecular complexity index is 257. The van der Waals surface area contributed by atoms with Gasteiger partial charge >= 0.3 is 16.5 Å². The highest BCUT2D eigenvalue weighted by Crippen LogP contribution is 2.36. The van der Waals surface area contributed by atoms with Gasteiger partial charge in [0.1, 0.15) is 0 Å². The fourth-order valence-electron chi connectivity index (χ4n) is 1.24. The lowest BCUT2D eigenvalue weighted by molar-refractivity contribution is -0.105. The minimum atomic E-state index is -2.89. The van der Waals surface area contributed by atoms with Gasteiger partial charge in [-0.05, 0) is 19.9 Å². The predicted molar refractivity (Wildman–Crippen MR) is 62.6 cm³/mol. The van der Waals surface area contributed by atoms with E-state index in [9.17, 15) is 9.13 Å². The normalized spacial score (nSPS) is 16.8. The van der Waals surface area contributed by atoms with Crippen molar-refractivity contribution in [2.45, 2.75) is 45.4 Å². The van der Waals surface area contributed by atoms with E-state index >= 15 is 0 Å². The Kier molecular flexibility index (Phi) is 8.16. The molecule has 0 saturated heterocycles. The SMILES string of the molecule is CC(C)NCCCC(C)(O[P+](=O)O)O[P+](=O)O. The van der Waals surface area contributed by atoms with Crippen molar-refractivity contribution >= 4 is 16.5 Å². The summed E-state index contributed by atoms with van der Waals surface area (Å²) in [5.74, 6) is -1.52. The highest BCUT2D eigenvalue weighted by molar-refractivity contribution is 7.33. The molecule has 0 aromatic heterocycles. The maximum atomic E-state index is 10.6. The van der Waals surface area contributed by atoms with Gasteiger partial charge in [0.05, 0.1) is 0 Å². The molecule has 0 fully saturated rings. The summed E-state index contributed by atoms with van der Waals surface area (Å²) in [6.07, 6.45) is 0.816. The predicted octanol–water partition coefficient (Wildman–Crippen LogP) is 1.81. The van der Waals surface area contributed by atoms with Crippen molar-refractivity contribution in [3.63, 3.8) is 0 Å². The molecular weight excluding hydrogens is 268 g/mol. The second kappa shape index (κ2) is 8.16. The molecule has 0 heterocycles. The highest BCUT2D eigenvalue weighted by atomic mass is 31.1. The molecule has 100 valence electrons. The van der Waals surface area contributed by atoms with E-state index in [4.69, 9.17) is 9.79 Å². The summed E-state index contributed by atoms with van der Waals surface area (Å²) in [7, 11) is -5.77. The first-order chi connectivity index (χ1) is 7.75. The zero-order chi connectivity index (χ0) is 13.5. The van der Waals surface area contributed by atoms with E-state index in [1.165, 1.54) is 6.92 Å². The minimum Gasteiger partial charge on any atom is -0.315 e. The first-order valence-electron chi connectivity index (χ1n) is 5.19. The van der Waals surface area contributed by atoms with Crippen LogP contribution in [0.3, 0.4) is 0 Å². The molecule has 0 aliphatic heterocycles. The zero-order valence-electron chi connectivity index (χ0n) is 10.1. The van der Waals surface area contributed by atoms with Crippen LogP contribution >= 0.6 is 16.5 Å². The largest absolute Gasteiger partial charge is 0.697 e. The summed E-state index contributed by atoms with van der Waals surface area (Å²) in [5.41, 5.74) is 0. The highest BCUT2D eigenvalue weighted by Gasteiger charge is 2.44. The fraction of sp³-hybridized carbons (Fsp3) is 1.00. The van der Waals surface area contributed by atoms with Gasteiger partial charge in [0.2, 0.25) is 0 Å². The second-order valence-corrected chi connectivity index (χ2v) is 5.32. The van der Waals surface area contributed by atoms with Crippen LogP contribution in [0.15, 0.2) is 0 Å². The Morgan fingerprint density at radius 1 is 1.24 bits per heavy atom. The minimum absolute atomic E-state index is 0.232. The Hall–Kier alpha value is -0.0000000000000000763. The van der Waals surface area contributed by atoms with Crippen molar-refractivity contribution in [2.75, 3.05) is 6.54 Å². The van der Waals surface area contributed by atoms with Gasteiger partial charge in [-0.25, -0.2) is 0 Å². The van der Waals surface area contributed by atoms with E-state index in [2.05, 4.69) is 14.4 Å². The van der Waals surface area contributed by atoms with Crippen molar-refractivity contribution in [2.24, 2.45) is 0 Å². The molecule has 0 amide bonds. The van der Waals surface area contributed by atoms with Crippen molar-refractivity contribution in [3.05, 3.63) is 0 Å². The molecule has 7 nitrogen and oxygen atoms in total. The topological polar surface area (TPSA) is 105 Å². The van der Waals surface area contributed by atoms with Crippen LogP contribution in [-0.4, -0.2) is 28.2 Å². The number of rotatable bonds is 9. The molecule has 3 N–H and O–H groups in total. The maximum Gasteiger partial charge on any atom is 0.697 e. The number of hydrogen-bond acceptors (Lipinski definition) is 5. The monoisotopic (exact) mass is 287 g/mol. The van der Waals surface area contributed by atoms with Crippen molar-refractivity contribution in [3.8, 4) is 0 Å². The van der Waals surface area contributed by atoms with Crippen molar-refractivity contribution < 1.29 is 28.0 Å². The van der Waals surface area contributed by atoms with Crippen LogP contribution in [0.2, 0.25) is 0 Å². The molecule has 0 aromatic carbocycles. The Morgan fingerprint density at radius 2 is 1.71 bits per heavy atom. The number of hydrogen-bond donors (Lipinski definition) is 3. The summed E-state index contributed by atoms with van der Waals surface area (Å²) in [5, 5.41) is 3.14. The standard InChI is InChI=1S/C8H17NO6P2/c1-7(2)9-6-4-5-8(3,14-16(10)11)15-17(12)13/h7,9H,4-6H2,1-3H3/p+2. The molecule has 2 unspecified atom stereocenters. The van der Waals surface area contributed by atoms with E-state index in [-0.39, 0.29) is 6.42 Å². The van der Waals surface area contributed by atoms with Gasteiger partial charge in [-0.1, -0.05) is 22.9 Å². The first-order valence-corrected chi connectivity index (χ1v) is 7.45.